The van der Waals surface area contributed by atoms with Crippen LogP contribution < -0.4 is 0 Å². The number of alkyl halides is 5. The molecule has 10 heteroatoms. The number of halogens is 5. The molecule has 0 saturated heterocycles. The molecule has 0 aliphatic heterocycles. The average molecular weight is 245 g/mol. The zero-order valence-corrected chi connectivity index (χ0v) is 7.59. The van der Waals surface area contributed by atoms with E-state index in [1.165, 1.54) is 0 Å². The van der Waals surface area contributed by atoms with E-state index in [1.807, 2.05) is 0 Å². The highest BCUT2D eigenvalue weighted by Gasteiger charge is 2.52. The lowest BCUT2D eigenvalue weighted by molar-refractivity contribution is -0.170. The number of nitrogens with zero attached hydrogens (tertiary/aromatic N) is 3. The van der Waals surface area contributed by atoms with E-state index in [1.54, 1.807) is 0 Å². The summed E-state index contributed by atoms with van der Waals surface area (Å²) in [6, 6.07) is 0. The Balaban J connectivity index is 3.44. The molecule has 1 aromatic heterocycles. The van der Waals surface area contributed by atoms with Crippen LogP contribution in [0, 0.1) is 0 Å². The zero-order chi connectivity index (χ0) is 12.7. The van der Waals surface area contributed by atoms with Gasteiger partial charge in [0.15, 0.2) is 11.4 Å². The summed E-state index contributed by atoms with van der Waals surface area (Å²) < 4.78 is 62.6. The number of carboxylic acids is 1. The van der Waals surface area contributed by atoms with E-state index < -0.39 is 29.5 Å². The van der Waals surface area contributed by atoms with Crippen molar-refractivity contribution in [3.8, 4) is 0 Å². The van der Waals surface area contributed by atoms with Crippen LogP contribution in [0.15, 0.2) is 0 Å². The van der Waals surface area contributed by atoms with Crippen molar-refractivity contribution in [2.75, 3.05) is 0 Å². The van der Waals surface area contributed by atoms with Crippen LogP contribution in [0.3, 0.4) is 0 Å². The van der Waals surface area contributed by atoms with Gasteiger partial charge in [-0.1, -0.05) is 5.21 Å². The largest absolute Gasteiger partial charge is 0.476 e. The third kappa shape index (κ3) is 1.82. The van der Waals surface area contributed by atoms with Crippen molar-refractivity contribution >= 4 is 5.97 Å². The van der Waals surface area contributed by atoms with Gasteiger partial charge in [0.25, 0.3) is 0 Å². The number of aliphatic carboxylic acids is 1. The second kappa shape index (κ2) is 3.39. The second-order valence-corrected chi connectivity index (χ2v) is 2.79. The van der Waals surface area contributed by atoms with Crippen molar-refractivity contribution in [3.05, 3.63) is 11.4 Å². The number of hydrogen-bond acceptors (Lipinski definition) is 3. The molecule has 90 valence electrons. The summed E-state index contributed by atoms with van der Waals surface area (Å²) >= 11 is 0. The van der Waals surface area contributed by atoms with E-state index in [0.29, 0.717) is 0 Å². The summed E-state index contributed by atoms with van der Waals surface area (Å²) in [7, 11) is 0.744. The lowest BCUT2D eigenvalue weighted by Crippen LogP contribution is -2.31. The van der Waals surface area contributed by atoms with Crippen molar-refractivity contribution in [3.63, 3.8) is 0 Å². The van der Waals surface area contributed by atoms with Gasteiger partial charge >= 0.3 is 18.1 Å². The number of carbonyl (C=O) groups is 1. The molecule has 0 aliphatic rings. The first kappa shape index (κ1) is 12.3. The molecular weight excluding hydrogens is 241 g/mol. The number of hydrogen-bond donors (Lipinski definition) is 1. The molecule has 1 N–H and O–H groups in total. The molecule has 1 rings (SSSR count). The molecule has 0 saturated carbocycles. The molecule has 0 aromatic carbocycles. The lowest BCUT2D eigenvalue weighted by atomic mass is 10.2. The Bertz CT molecular complexity index is 424. The minimum atomic E-state index is -5.19. The van der Waals surface area contributed by atoms with Crippen LogP contribution in [0.2, 0.25) is 0 Å². The molecule has 0 bridgehead atoms. The molecule has 0 amide bonds. The van der Waals surface area contributed by atoms with E-state index in [-0.39, 0.29) is 4.68 Å². The number of aromatic nitrogens is 3. The van der Waals surface area contributed by atoms with E-state index in [2.05, 4.69) is 10.3 Å². The van der Waals surface area contributed by atoms with Gasteiger partial charge in [-0.2, -0.15) is 22.0 Å². The molecule has 0 unspecified atom stereocenters. The highest BCUT2D eigenvalue weighted by atomic mass is 19.4. The summed E-state index contributed by atoms with van der Waals surface area (Å²) in [5.74, 6) is -7.41. The molecule has 0 aliphatic carbocycles. The van der Waals surface area contributed by atoms with Gasteiger partial charge in [0, 0.05) is 7.05 Å². The molecule has 1 aromatic rings. The Kier molecular flexibility index (Phi) is 2.61. The maximum Gasteiger partial charge on any atom is 0.437 e. The van der Waals surface area contributed by atoms with Crippen molar-refractivity contribution in [1.82, 2.24) is 15.0 Å². The highest BCUT2D eigenvalue weighted by Crippen LogP contribution is 2.37. The van der Waals surface area contributed by atoms with Gasteiger partial charge in [0.2, 0.25) is 0 Å². The number of carboxylic acid groups (broad SMARTS) is 1. The Labute approximate surface area is 84.5 Å². The minimum Gasteiger partial charge on any atom is -0.476 e. The lowest BCUT2D eigenvalue weighted by Gasteiger charge is -2.13. The Morgan fingerprint density at radius 1 is 1.31 bits per heavy atom. The number of rotatable bonds is 2. The van der Waals surface area contributed by atoms with Gasteiger partial charge < -0.3 is 5.11 Å². The predicted octanol–water partition coefficient (Wildman–Crippen LogP) is 1.01. The fraction of sp³-hybridized carbons (Fsp3) is 0.500. The molecule has 1 heterocycles. The molecule has 0 fully saturated rings. The van der Waals surface area contributed by atoms with E-state index >= 15 is 0 Å². The summed E-state index contributed by atoms with van der Waals surface area (Å²) in [5, 5.41) is 13.4. The SMILES string of the molecule is Cn1nnc(C(F)(F)F)c1C(F)(F)C(=O)O. The van der Waals surface area contributed by atoms with Crippen LogP contribution in [0.4, 0.5) is 22.0 Å². The fourth-order valence-electron chi connectivity index (χ4n) is 1.00. The van der Waals surface area contributed by atoms with Gasteiger partial charge in [-0.05, 0) is 0 Å². The van der Waals surface area contributed by atoms with Crippen LogP contribution >= 0.6 is 0 Å². The normalized spacial score (nSPS) is 12.9. The van der Waals surface area contributed by atoms with E-state index in [4.69, 9.17) is 5.11 Å². The third-order valence-corrected chi connectivity index (χ3v) is 1.66. The van der Waals surface area contributed by atoms with Crippen molar-refractivity contribution in [2.24, 2.45) is 7.05 Å². The predicted molar refractivity (Wildman–Crippen MR) is 37.5 cm³/mol. The smallest absolute Gasteiger partial charge is 0.437 e. The maximum absolute atomic E-state index is 13.0. The van der Waals surface area contributed by atoms with Gasteiger partial charge in [-0.3, -0.25) is 0 Å². The first-order valence-corrected chi connectivity index (χ1v) is 3.67. The molecular formula is C6H4F5N3O2. The summed E-state index contributed by atoms with van der Waals surface area (Å²) in [4.78, 5) is 10.2. The first-order valence-electron chi connectivity index (χ1n) is 3.67. The minimum absolute atomic E-state index is 0.0803. The summed E-state index contributed by atoms with van der Waals surface area (Å²) in [5.41, 5.74) is -3.81. The zero-order valence-electron chi connectivity index (χ0n) is 7.59. The molecule has 0 spiro atoms. The van der Waals surface area contributed by atoms with Crippen LogP contribution in [-0.2, 0) is 23.9 Å². The highest BCUT2D eigenvalue weighted by molar-refractivity contribution is 5.77. The van der Waals surface area contributed by atoms with Crippen LogP contribution in [0.5, 0.6) is 0 Å². The van der Waals surface area contributed by atoms with Crippen molar-refractivity contribution in [2.45, 2.75) is 12.1 Å². The fourth-order valence-corrected chi connectivity index (χ4v) is 1.00. The van der Waals surface area contributed by atoms with E-state index in [9.17, 15) is 26.7 Å². The average Bonchev–Trinajstić information content (AvgIpc) is 2.46. The maximum atomic E-state index is 13.0. The Morgan fingerprint density at radius 3 is 2.19 bits per heavy atom. The third-order valence-electron chi connectivity index (χ3n) is 1.66. The van der Waals surface area contributed by atoms with Crippen LogP contribution in [0.25, 0.3) is 0 Å². The van der Waals surface area contributed by atoms with E-state index in [0.717, 1.165) is 7.05 Å². The Hall–Kier alpha value is -1.74. The van der Waals surface area contributed by atoms with Gasteiger partial charge in [0.05, 0.1) is 0 Å². The van der Waals surface area contributed by atoms with Gasteiger partial charge in [0.1, 0.15) is 0 Å². The molecule has 0 atom stereocenters. The quantitative estimate of drug-likeness (QED) is 0.789. The standard InChI is InChI=1S/C6H4F5N3O2/c1-14-3(5(7,8)4(15)16)2(12-13-14)6(9,10)11/h1H3,(H,15,16). The molecule has 16 heavy (non-hydrogen) atoms. The summed E-state index contributed by atoms with van der Waals surface area (Å²) in [6.07, 6.45) is -5.19. The second-order valence-electron chi connectivity index (χ2n) is 2.79. The van der Waals surface area contributed by atoms with Gasteiger partial charge in [-0.25, -0.2) is 9.48 Å². The topological polar surface area (TPSA) is 68.0 Å². The molecule has 5 nitrogen and oxygen atoms in total. The van der Waals surface area contributed by atoms with Gasteiger partial charge in [-0.15, -0.1) is 5.10 Å². The molecule has 0 radical (unpaired) electrons. The summed E-state index contributed by atoms with van der Waals surface area (Å²) in [6.45, 7) is 0. The van der Waals surface area contributed by atoms with Crippen LogP contribution in [0.1, 0.15) is 11.4 Å². The van der Waals surface area contributed by atoms with Crippen LogP contribution in [-0.4, -0.2) is 26.1 Å². The Morgan fingerprint density at radius 2 is 1.81 bits per heavy atom. The monoisotopic (exact) mass is 245 g/mol. The van der Waals surface area contributed by atoms with Crippen molar-refractivity contribution in [1.29, 1.82) is 0 Å². The number of aryl methyl sites for hydroxylation is 1. The first-order chi connectivity index (χ1) is 7.08. The van der Waals surface area contributed by atoms with Crippen molar-refractivity contribution < 1.29 is 31.9 Å².